The maximum Gasteiger partial charge on any atom is 0.254 e. The summed E-state index contributed by atoms with van der Waals surface area (Å²) in [5, 5.41) is 3.03. The zero-order valence-electron chi connectivity index (χ0n) is 11.1. The lowest BCUT2D eigenvalue weighted by atomic mass is 10.2. The second kappa shape index (κ2) is 5.82. The third kappa shape index (κ3) is 2.85. The van der Waals surface area contributed by atoms with Crippen molar-refractivity contribution in [3.8, 4) is 5.75 Å². The molecule has 0 bridgehead atoms. The highest BCUT2D eigenvalue weighted by atomic mass is 16.5. The Morgan fingerprint density at radius 1 is 1.20 bits per heavy atom. The molecule has 4 heteroatoms. The fraction of sp³-hybridized carbons (Fsp3) is 0.312. The Kier molecular flexibility index (Phi) is 3.72. The molecule has 0 unspecified atom stereocenters. The highest BCUT2D eigenvalue weighted by molar-refractivity contribution is 5.94. The molecule has 0 radical (unpaired) electrons. The van der Waals surface area contributed by atoms with Gasteiger partial charge in [0.05, 0.1) is 17.9 Å². The fourth-order valence-corrected chi connectivity index (χ4v) is 2.55. The number of hydrogen-bond acceptors (Lipinski definition) is 3. The predicted octanol–water partition coefficient (Wildman–Crippen LogP) is 3.01. The summed E-state index contributed by atoms with van der Waals surface area (Å²) in [6.07, 6.45) is 5.96. The van der Waals surface area contributed by atoms with E-state index in [1.165, 1.54) is 12.5 Å². The molecule has 2 aromatic rings. The minimum atomic E-state index is -0.104. The van der Waals surface area contributed by atoms with Crippen LogP contribution in [0.1, 0.15) is 29.6 Å². The first-order valence-corrected chi connectivity index (χ1v) is 6.88. The van der Waals surface area contributed by atoms with Gasteiger partial charge in [0, 0.05) is 0 Å². The van der Waals surface area contributed by atoms with Gasteiger partial charge in [-0.3, -0.25) is 4.79 Å². The van der Waals surface area contributed by atoms with E-state index >= 15 is 0 Å². The van der Waals surface area contributed by atoms with Gasteiger partial charge in [-0.15, -0.1) is 0 Å². The summed E-state index contributed by atoms with van der Waals surface area (Å²) in [4.78, 5) is 12.0. The standard InChI is InChI=1S/C16H17NO3/c18-16(12-9-10-19-11-12)17-14-7-4-8-15(14)20-13-5-2-1-3-6-13/h1-3,5-6,9-11,14-15H,4,7-8H2,(H,17,18)/t14-,15+/m0/s1. The summed E-state index contributed by atoms with van der Waals surface area (Å²) < 4.78 is 10.9. The van der Waals surface area contributed by atoms with E-state index in [0.717, 1.165) is 25.0 Å². The molecule has 2 atom stereocenters. The molecule has 1 aliphatic rings. The smallest absolute Gasteiger partial charge is 0.254 e. The van der Waals surface area contributed by atoms with E-state index in [9.17, 15) is 4.79 Å². The molecule has 0 spiro atoms. The monoisotopic (exact) mass is 271 g/mol. The Bertz CT molecular complexity index is 550. The molecular formula is C16H17NO3. The maximum atomic E-state index is 12.0. The molecule has 1 heterocycles. The van der Waals surface area contributed by atoms with Crippen LogP contribution in [0.25, 0.3) is 0 Å². The second-order valence-electron chi connectivity index (χ2n) is 4.99. The summed E-state index contributed by atoms with van der Waals surface area (Å²) in [5.74, 6) is 0.745. The number of benzene rings is 1. The third-order valence-electron chi connectivity index (χ3n) is 3.58. The molecule has 0 saturated heterocycles. The highest BCUT2D eigenvalue weighted by Crippen LogP contribution is 2.25. The Morgan fingerprint density at radius 3 is 2.80 bits per heavy atom. The number of carbonyl (C=O) groups is 1. The van der Waals surface area contributed by atoms with E-state index < -0.39 is 0 Å². The molecule has 1 N–H and O–H groups in total. The van der Waals surface area contributed by atoms with E-state index in [2.05, 4.69) is 5.32 Å². The van der Waals surface area contributed by atoms with Gasteiger partial charge in [0.25, 0.3) is 5.91 Å². The van der Waals surface area contributed by atoms with Crippen molar-refractivity contribution in [3.05, 3.63) is 54.5 Å². The van der Waals surface area contributed by atoms with E-state index in [4.69, 9.17) is 9.15 Å². The average Bonchev–Trinajstić information content (AvgIpc) is 3.12. The van der Waals surface area contributed by atoms with E-state index in [0.29, 0.717) is 5.56 Å². The molecule has 1 saturated carbocycles. The van der Waals surface area contributed by atoms with Crippen LogP contribution < -0.4 is 10.1 Å². The van der Waals surface area contributed by atoms with Crippen molar-refractivity contribution in [1.82, 2.24) is 5.32 Å². The van der Waals surface area contributed by atoms with E-state index in [-0.39, 0.29) is 18.1 Å². The number of amides is 1. The van der Waals surface area contributed by atoms with E-state index in [1.807, 2.05) is 30.3 Å². The Morgan fingerprint density at radius 2 is 2.05 bits per heavy atom. The minimum Gasteiger partial charge on any atom is -0.488 e. The quantitative estimate of drug-likeness (QED) is 0.930. The molecule has 104 valence electrons. The van der Waals surface area contributed by atoms with Gasteiger partial charge in [-0.05, 0) is 37.5 Å². The maximum absolute atomic E-state index is 12.0. The zero-order valence-corrected chi connectivity index (χ0v) is 11.1. The van der Waals surface area contributed by atoms with Gasteiger partial charge in [-0.2, -0.15) is 0 Å². The molecule has 4 nitrogen and oxygen atoms in total. The van der Waals surface area contributed by atoms with E-state index in [1.54, 1.807) is 6.07 Å². The number of nitrogens with one attached hydrogen (secondary N) is 1. The molecule has 1 aromatic carbocycles. The van der Waals surface area contributed by atoms with Crippen LogP contribution >= 0.6 is 0 Å². The van der Waals surface area contributed by atoms with Crippen LogP contribution in [-0.4, -0.2) is 18.1 Å². The minimum absolute atomic E-state index is 0.0354. The SMILES string of the molecule is O=C(N[C@H]1CCC[C@H]1Oc1ccccc1)c1ccoc1. The first-order valence-electron chi connectivity index (χ1n) is 6.88. The number of ether oxygens (including phenoxy) is 1. The van der Waals surface area contributed by atoms with Crippen LogP contribution in [0, 0.1) is 0 Å². The lowest BCUT2D eigenvalue weighted by molar-refractivity contribution is 0.0893. The summed E-state index contributed by atoms with van der Waals surface area (Å²) in [6.45, 7) is 0. The number of hydrogen-bond donors (Lipinski definition) is 1. The number of rotatable bonds is 4. The average molecular weight is 271 g/mol. The van der Waals surface area contributed by atoms with Crippen LogP contribution in [-0.2, 0) is 0 Å². The predicted molar refractivity (Wildman–Crippen MR) is 74.7 cm³/mol. The Labute approximate surface area is 117 Å². The second-order valence-corrected chi connectivity index (χ2v) is 4.99. The Hall–Kier alpha value is -2.23. The van der Waals surface area contributed by atoms with Crippen molar-refractivity contribution in [2.45, 2.75) is 31.4 Å². The molecule has 3 rings (SSSR count). The topological polar surface area (TPSA) is 51.5 Å². The largest absolute Gasteiger partial charge is 0.488 e. The highest BCUT2D eigenvalue weighted by Gasteiger charge is 2.30. The molecule has 20 heavy (non-hydrogen) atoms. The van der Waals surface area contributed by atoms with Crippen molar-refractivity contribution in [2.24, 2.45) is 0 Å². The molecular weight excluding hydrogens is 254 g/mol. The lowest BCUT2D eigenvalue weighted by Gasteiger charge is -2.22. The van der Waals surface area contributed by atoms with Crippen molar-refractivity contribution in [2.75, 3.05) is 0 Å². The van der Waals surface area contributed by atoms with Crippen LogP contribution in [0.4, 0.5) is 0 Å². The third-order valence-corrected chi connectivity index (χ3v) is 3.58. The summed E-state index contributed by atoms with van der Waals surface area (Å²) in [6, 6.07) is 11.4. The number of furan rings is 1. The van der Waals surface area contributed by atoms with Crippen LogP contribution in [0.5, 0.6) is 5.75 Å². The van der Waals surface area contributed by atoms with Gasteiger partial charge < -0.3 is 14.5 Å². The number of carbonyl (C=O) groups excluding carboxylic acids is 1. The number of para-hydroxylation sites is 1. The molecule has 1 amide bonds. The summed E-state index contributed by atoms with van der Waals surface area (Å²) in [5.41, 5.74) is 0.551. The lowest BCUT2D eigenvalue weighted by Crippen LogP contribution is -2.42. The van der Waals surface area contributed by atoms with Gasteiger partial charge in [0.2, 0.25) is 0 Å². The van der Waals surface area contributed by atoms with Crippen molar-refractivity contribution in [1.29, 1.82) is 0 Å². The molecule has 1 aromatic heterocycles. The summed E-state index contributed by atoms with van der Waals surface area (Å²) >= 11 is 0. The fourth-order valence-electron chi connectivity index (χ4n) is 2.55. The van der Waals surface area contributed by atoms with Gasteiger partial charge in [0.1, 0.15) is 18.1 Å². The van der Waals surface area contributed by atoms with Gasteiger partial charge in [-0.25, -0.2) is 0 Å². The van der Waals surface area contributed by atoms with Gasteiger partial charge >= 0.3 is 0 Å². The molecule has 1 aliphatic carbocycles. The molecule has 0 aliphatic heterocycles. The Balaban J connectivity index is 1.62. The zero-order chi connectivity index (χ0) is 13.8. The van der Waals surface area contributed by atoms with Gasteiger partial charge in [-0.1, -0.05) is 18.2 Å². The van der Waals surface area contributed by atoms with Gasteiger partial charge in [0.15, 0.2) is 0 Å². The summed E-state index contributed by atoms with van der Waals surface area (Å²) in [7, 11) is 0. The van der Waals surface area contributed by atoms with Crippen molar-refractivity contribution < 1.29 is 13.9 Å². The molecule has 1 fully saturated rings. The van der Waals surface area contributed by atoms with Crippen LogP contribution in [0.15, 0.2) is 53.3 Å². The normalized spacial score (nSPS) is 21.6. The van der Waals surface area contributed by atoms with Crippen molar-refractivity contribution in [3.63, 3.8) is 0 Å². The van der Waals surface area contributed by atoms with Crippen LogP contribution in [0.2, 0.25) is 0 Å². The first-order chi connectivity index (χ1) is 9.83. The van der Waals surface area contributed by atoms with Crippen molar-refractivity contribution >= 4 is 5.91 Å². The first kappa shape index (κ1) is 12.8. The van der Waals surface area contributed by atoms with Crippen LogP contribution in [0.3, 0.4) is 0 Å².